The summed E-state index contributed by atoms with van der Waals surface area (Å²) in [5, 5.41) is 19.7. The van der Waals surface area contributed by atoms with Crippen LogP contribution in [-0.2, 0) is 4.74 Å². The van der Waals surface area contributed by atoms with Crippen LogP contribution in [0, 0.1) is 10.1 Å². The summed E-state index contributed by atoms with van der Waals surface area (Å²) in [6.07, 6.45) is 0.545. The fourth-order valence-corrected chi connectivity index (χ4v) is 1.36. The van der Waals surface area contributed by atoms with E-state index in [1.54, 1.807) is 0 Å². The Morgan fingerprint density at radius 2 is 2.20 bits per heavy atom. The van der Waals surface area contributed by atoms with Gasteiger partial charge in [0.2, 0.25) is 5.76 Å². The summed E-state index contributed by atoms with van der Waals surface area (Å²) < 4.78 is 4.64. The largest absolute Gasteiger partial charge is 0.507 e. The monoisotopic (exact) mass is 207 g/mol. The first-order chi connectivity index (χ1) is 7.09. The normalized spacial score (nSPS) is 16.3. The lowest BCUT2D eigenvalue weighted by Crippen LogP contribution is -1.93. The number of aromatic hydroxyl groups is 1. The standard InChI is InChI=1S/C9H5NO5/c11-6-3-1-2-5-8(6)7(4-10(13)14)15-9(5)12/h1-4,11H. The Bertz CT molecular complexity index is 491. The number of nitrogens with zero attached hydrogens (tertiary/aromatic N) is 1. The molecule has 0 bridgehead atoms. The van der Waals surface area contributed by atoms with Gasteiger partial charge in [-0.05, 0) is 12.1 Å². The third-order valence-electron chi connectivity index (χ3n) is 1.93. The minimum Gasteiger partial charge on any atom is -0.507 e. The number of rotatable bonds is 1. The summed E-state index contributed by atoms with van der Waals surface area (Å²) in [5.74, 6) is -1.15. The maximum absolute atomic E-state index is 11.2. The molecule has 0 saturated heterocycles. The number of carbonyl (C=O) groups is 1. The van der Waals surface area contributed by atoms with Gasteiger partial charge in [0, 0.05) is 0 Å². The van der Waals surface area contributed by atoms with Crippen molar-refractivity contribution in [2.24, 2.45) is 0 Å². The fourth-order valence-electron chi connectivity index (χ4n) is 1.36. The van der Waals surface area contributed by atoms with E-state index in [9.17, 15) is 20.0 Å². The highest BCUT2D eigenvalue weighted by Crippen LogP contribution is 2.35. The van der Waals surface area contributed by atoms with E-state index in [-0.39, 0.29) is 22.6 Å². The summed E-state index contributed by atoms with van der Waals surface area (Å²) in [4.78, 5) is 20.7. The van der Waals surface area contributed by atoms with Crippen molar-refractivity contribution < 1.29 is 19.6 Å². The fraction of sp³-hybridized carbons (Fsp3) is 0. The quantitative estimate of drug-likeness (QED) is 0.423. The first-order valence-electron chi connectivity index (χ1n) is 3.99. The van der Waals surface area contributed by atoms with Gasteiger partial charge in [-0.2, -0.15) is 0 Å². The van der Waals surface area contributed by atoms with Crippen LogP contribution in [0.2, 0.25) is 0 Å². The van der Waals surface area contributed by atoms with Gasteiger partial charge in [-0.25, -0.2) is 4.79 Å². The van der Waals surface area contributed by atoms with Crippen LogP contribution in [0.25, 0.3) is 5.76 Å². The molecule has 1 aliphatic rings. The molecule has 0 aromatic heterocycles. The van der Waals surface area contributed by atoms with Gasteiger partial charge in [0.1, 0.15) is 5.75 Å². The van der Waals surface area contributed by atoms with Crippen molar-refractivity contribution in [3.8, 4) is 5.75 Å². The van der Waals surface area contributed by atoms with Crippen molar-refractivity contribution in [2.45, 2.75) is 0 Å². The van der Waals surface area contributed by atoms with E-state index in [1.165, 1.54) is 18.2 Å². The summed E-state index contributed by atoms with van der Waals surface area (Å²) in [6.45, 7) is 0. The summed E-state index contributed by atoms with van der Waals surface area (Å²) in [7, 11) is 0. The van der Waals surface area contributed by atoms with Crippen molar-refractivity contribution in [1.82, 2.24) is 0 Å². The first-order valence-corrected chi connectivity index (χ1v) is 3.99. The minimum absolute atomic E-state index is 0.0687. The van der Waals surface area contributed by atoms with Crippen LogP contribution in [0.15, 0.2) is 24.4 Å². The molecule has 15 heavy (non-hydrogen) atoms. The van der Waals surface area contributed by atoms with Gasteiger partial charge in [-0.1, -0.05) is 6.07 Å². The molecule has 1 aliphatic heterocycles. The van der Waals surface area contributed by atoms with Crippen molar-refractivity contribution in [3.05, 3.63) is 45.6 Å². The Kier molecular flexibility index (Phi) is 1.89. The number of esters is 1. The highest BCUT2D eigenvalue weighted by molar-refractivity contribution is 6.04. The molecule has 0 saturated carbocycles. The Morgan fingerprint density at radius 3 is 2.87 bits per heavy atom. The number of phenolic OH excluding ortho intramolecular Hbond substituents is 1. The lowest BCUT2D eigenvalue weighted by atomic mass is 10.1. The van der Waals surface area contributed by atoms with Gasteiger partial charge in [-0.15, -0.1) is 0 Å². The smallest absolute Gasteiger partial charge is 0.344 e. The summed E-state index contributed by atoms with van der Waals surface area (Å²) >= 11 is 0. The molecular weight excluding hydrogens is 202 g/mol. The molecule has 1 aromatic carbocycles. The average molecular weight is 207 g/mol. The maximum Gasteiger partial charge on any atom is 0.344 e. The average Bonchev–Trinajstić information content (AvgIpc) is 2.44. The van der Waals surface area contributed by atoms with Crippen molar-refractivity contribution in [2.75, 3.05) is 0 Å². The van der Waals surface area contributed by atoms with Crippen LogP contribution in [0.1, 0.15) is 15.9 Å². The lowest BCUT2D eigenvalue weighted by molar-refractivity contribution is -0.402. The van der Waals surface area contributed by atoms with Crippen LogP contribution < -0.4 is 0 Å². The molecule has 6 heteroatoms. The zero-order valence-electron chi connectivity index (χ0n) is 7.34. The predicted molar refractivity (Wildman–Crippen MR) is 48.5 cm³/mol. The van der Waals surface area contributed by atoms with Crippen LogP contribution in [-0.4, -0.2) is 16.0 Å². The number of cyclic esters (lactones) is 1. The highest BCUT2D eigenvalue weighted by atomic mass is 16.6. The molecule has 0 aliphatic carbocycles. The topological polar surface area (TPSA) is 89.7 Å². The van der Waals surface area contributed by atoms with Gasteiger partial charge in [0.15, 0.2) is 0 Å². The third kappa shape index (κ3) is 1.41. The van der Waals surface area contributed by atoms with Crippen LogP contribution in [0.4, 0.5) is 0 Å². The molecule has 6 nitrogen and oxygen atoms in total. The van der Waals surface area contributed by atoms with Crippen molar-refractivity contribution in [1.29, 1.82) is 0 Å². The second-order valence-electron chi connectivity index (χ2n) is 2.87. The van der Waals surface area contributed by atoms with E-state index in [4.69, 9.17) is 0 Å². The second-order valence-corrected chi connectivity index (χ2v) is 2.87. The Balaban J connectivity index is 2.63. The van der Waals surface area contributed by atoms with Gasteiger partial charge >= 0.3 is 5.97 Å². The summed E-state index contributed by atoms with van der Waals surface area (Å²) in [6, 6.07) is 4.22. The van der Waals surface area contributed by atoms with Gasteiger partial charge in [0.05, 0.1) is 16.1 Å². The molecule has 0 amide bonds. The number of fused-ring (bicyclic) bond motifs is 1. The van der Waals surface area contributed by atoms with E-state index >= 15 is 0 Å². The first kappa shape index (κ1) is 9.20. The van der Waals surface area contributed by atoms with Crippen LogP contribution in [0.5, 0.6) is 5.75 Å². The third-order valence-corrected chi connectivity index (χ3v) is 1.93. The molecule has 0 fully saturated rings. The number of carbonyl (C=O) groups excluding carboxylic acids is 1. The molecule has 2 rings (SSSR count). The van der Waals surface area contributed by atoms with Gasteiger partial charge < -0.3 is 9.84 Å². The van der Waals surface area contributed by atoms with Crippen molar-refractivity contribution in [3.63, 3.8) is 0 Å². The molecule has 0 radical (unpaired) electrons. The predicted octanol–water partition coefficient (Wildman–Crippen LogP) is 1.14. The number of hydrogen-bond donors (Lipinski definition) is 1. The zero-order valence-corrected chi connectivity index (χ0v) is 7.34. The van der Waals surface area contributed by atoms with E-state index < -0.39 is 10.9 Å². The molecule has 0 atom stereocenters. The SMILES string of the molecule is O=C1OC(=C[N+](=O)[O-])c2c(O)cccc21. The minimum atomic E-state index is -0.746. The number of phenols is 1. The lowest BCUT2D eigenvalue weighted by Gasteiger charge is -1.97. The number of benzene rings is 1. The number of ether oxygens (including phenoxy) is 1. The van der Waals surface area contributed by atoms with E-state index in [0.29, 0.717) is 6.20 Å². The molecule has 1 aromatic rings. The highest BCUT2D eigenvalue weighted by Gasteiger charge is 2.31. The van der Waals surface area contributed by atoms with Crippen LogP contribution >= 0.6 is 0 Å². The van der Waals surface area contributed by atoms with Crippen molar-refractivity contribution >= 4 is 11.7 Å². The second kappa shape index (κ2) is 3.09. The maximum atomic E-state index is 11.2. The molecule has 1 N–H and O–H groups in total. The molecule has 0 unspecified atom stereocenters. The Morgan fingerprint density at radius 1 is 1.47 bits per heavy atom. The number of nitro groups is 1. The molecule has 0 spiro atoms. The Labute approximate surface area is 83.6 Å². The van der Waals surface area contributed by atoms with E-state index in [2.05, 4.69) is 4.74 Å². The van der Waals surface area contributed by atoms with E-state index in [1.807, 2.05) is 0 Å². The van der Waals surface area contributed by atoms with Gasteiger partial charge in [0.25, 0.3) is 6.20 Å². The van der Waals surface area contributed by atoms with E-state index in [0.717, 1.165) is 0 Å². The molecule has 1 heterocycles. The number of hydrogen-bond acceptors (Lipinski definition) is 5. The zero-order chi connectivity index (χ0) is 11.0. The molecular formula is C9H5NO5. The Hall–Kier alpha value is -2.37. The van der Waals surface area contributed by atoms with Gasteiger partial charge in [-0.3, -0.25) is 10.1 Å². The molecule has 76 valence electrons. The summed E-state index contributed by atoms with van der Waals surface area (Å²) in [5.41, 5.74) is 0.197. The van der Waals surface area contributed by atoms with Crippen LogP contribution in [0.3, 0.4) is 0 Å².